The highest BCUT2D eigenvalue weighted by molar-refractivity contribution is 5.81. The van der Waals surface area contributed by atoms with E-state index in [1.54, 1.807) is 4.68 Å². The standard InChI is InChI=1S/C31H21N5O2/c1-36-29(31-33-25-7-3-5-9-27(25)38-31)28(34-35-36)22-16-12-20(13-17-22)10-11-21-14-18-23(19-15-21)30-32-24-6-2-4-8-26(24)37-30/h2-19H,1H3/b11-10+. The minimum atomic E-state index is 0.499. The second-order valence-corrected chi connectivity index (χ2v) is 8.96. The molecule has 7 heteroatoms. The summed E-state index contributed by atoms with van der Waals surface area (Å²) in [4.78, 5) is 9.20. The Kier molecular flexibility index (Phi) is 5.18. The molecular formula is C31H21N5O2. The third-order valence-corrected chi connectivity index (χ3v) is 6.43. The number of fused-ring (bicyclic) bond motifs is 2. The molecule has 4 aromatic carbocycles. The predicted octanol–water partition coefficient (Wildman–Crippen LogP) is 7.27. The van der Waals surface area contributed by atoms with Crippen LogP contribution in [0, 0.1) is 0 Å². The third-order valence-electron chi connectivity index (χ3n) is 6.43. The molecule has 0 aliphatic rings. The first-order valence-corrected chi connectivity index (χ1v) is 12.2. The zero-order chi connectivity index (χ0) is 25.5. The number of para-hydroxylation sites is 4. The van der Waals surface area contributed by atoms with Crippen molar-refractivity contribution in [2.45, 2.75) is 0 Å². The molecule has 38 heavy (non-hydrogen) atoms. The fourth-order valence-corrected chi connectivity index (χ4v) is 4.44. The summed E-state index contributed by atoms with van der Waals surface area (Å²) in [5.74, 6) is 1.12. The van der Waals surface area contributed by atoms with Gasteiger partial charge in [0.15, 0.2) is 16.9 Å². The molecule has 0 atom stereocenters. The summed E-state index contributed by atoms with van der Waals surface area (Å²) < 4.78 is 13.6. The van der Waals surface area contributed by atoms with Crippen LogP contribution >= 0.6 is 0 Å². The van der Waals surface area contributed by atoms with Crippen molar-refractivity contribution < 1.29 is 8.83 Å². The van der Waals surface area contributed by atoms with Gasteiger partial charge in [-0.3, -0.25) is 0 Å². The van der Waals surface area contributed by atoms with E-state index in [2.05, 4.69) is 56.7 Å². The van der Waals surface area contributed by atoms with E-state index in [0.717, 1.165) is 55.8 Å². The van der Waals surface area contributed by atoms with Crippen molar-refractivity contribution in [2.24, 2.45) is 7.05 Å². The summed E-state index contributed by atoms with van der Waals surface area (Å²) >= 11 is 0. The van der Waals surface area contributed by atoms with Crippen LogP contribution in [-0.4, -0.2) is 25.0 Å². The average molecular weight is 496 g/mol. The van der Waals surface area contributed by atoms with Crippen LogP contribution in [0.25, 0.3) is 68.6 Å². The number of oxazole rings is 2. The third kappa shape index (κ3) is 3.96. The van der Waals surface area contributed by atoms with Crippen LogP contribution in [0.15, 0.2) is 106 Å². The molecule has 0 unspecified atom stereocenters. The van der Waals surface area contributed by atoms with E-state index < -0.39 is 0 Å². The summed E-state index contributed by atoms with van der Waals surface area (Å²) in [6, 6.07) is 31.8. The Balaban J connectivity index is 1.11. The number of benzene rings is 4. The molecule has 7 rings (SSSR count). The lowest BCUT2D eigenvalue weighted by atomic mass is 10.1. The molecule has 0 aliphatic carbocycles. The van der Waals surface area contributed by atoms with Crippen LogP contribution < -0.4 is 0 Å². The van der Waals surface area contributed by atoms with Gasteiger partial charge in [-0.1, -0.05) is 78.0 Å². The van der Waals surface area contributed by atoms with Gasteiger partial charge in [0.2, 0.25) is 11.8 Å². The molecule has 3 aromatic heterocycles. The number of nitrogens with zero attached hydrogens (tertiary/aromatic N) is 5. The first-order chi connectivity index (χ1) is 18.7. The number of rotatable bonds is 5. The molecule has 0 N–H and O–H groups in total. The lowest BCUT2D eigenvalue weighted by molar-refractivity contribution is 0.604. The van der Waals surface area contributed by atoms with E-state index in [9.17, 15) is 0 Å². The number of aromatic nitrogens is 5. The van der Waals surface area contributed by atoms with Crippen molar-refractivity contribution in [1.82, 2.24) is 25.0 Å². The molecule has 0 bridgehead atoms. The number of hydrogen-bond donors (Lipinski definition) is 0. The molecule has 3 heterocycles. The van der Waals surface area contributed by atoms with Gasteiger partial charge in [0.25, 0.3) is 0 Å². The average Bonchev–Trinajstić information content (AvgIpc) is 3.68. The van der Waals surface area contributed by atoms with Crippen LogP contribution in [0.2, 0.25) is 0 Å². The van der Waals surface area contributed by atoms with Gasteiger partial charge in [-0.25, -0.2) is 14.6 Å². The minimum absolute atomic E-state index is 0.499. The maximum atomic E-state index is 5.99. The van der Waals surface area contributed by atoms with Gasteiger partial charge in [0, 0.05) is 18.2 Å². The first kappa shape index (κ1) is 21.9. The van der Waals surface area contributed by atoms with Crippen LogP contribution in [0.1, 0.15) is 11.1 Å². The Morgan fingerprint density at radius 2 is 1.13 bits per heavy atom. The van der Waals surface area contributed by atoms with E-state index in [1.807, 2.05) is 79.8 Å². The van der Waals surface area contributed by atoms with Crippen molar-refractivity contribution in [3.63, 3.8) is 0 Å². The Labute approximate surface area is 217 Å². The van der Waals surface area contributed by atoms with E-state index >= 15 is 0 Å². The Hall–Kier alpha value is -5.30. The van der Waals surface area contributed by atoms with Gasteiger partial charge in [0.05, 0.1) is 0 Å². The van der Waals surface area contributed by atoms with Crippen LogP contribution in [0.3, 0.4) is 0 Å². The SMILES string of the molecule is Cn1nnc(-c2ccc(/C=C/c3ccc(-c4nc5ccccc5o4)cc3)cc2)c1-c1nc2ccccc2o1. The van der Waals surface area contributed by atoms with Crippen molar-refractivity contribution >= 4 is 34.4 Å². The smallest absolute Gasteiger partial charge is 0.248 e. The maximum Gasteiger partial charge on any atom is 0.248 e. The number of hydrogen-bond acceptors (Lipinski definition) is 6. The van der Waals surface area contributed by atoms with Gasteiger partial charge in [0.1, 0.15) is 16.7 Å². The van der Waals surface area contributed by atoms with Crippen molar-refractivity contribution in [1.29, 1.82) is 0 Å². The van der Waals surface area contributed by atoms with E-state index in [4.69, 9.17) is 8.83 Å². The van der Waals surface area contributed by atoms with Gasteiger partial charge in [-0.15, -0.1) is 5.10 Å². The van der Waals surface area contributed by atoms with Gasteiger partial charge in [-0.05, 0) is 47.5 Å². The summed E-state index contributed by atoms with van der Waals surface area (Å²) in [6.45, 7) is 0. The first-order valence-electron chi connectivity index (χ1n) is 12.2. The van der Waals surface area contributed by atoms with E-state index in [0.29, 0.717) is 11.8 Å². The van der Waals surface area contributed by atoms with Crippen LogP contribution in [0.4, 0.5) is 0 Å². The molecule has 0 radical (unpaired) electrons. The normalized spacial score (nSPS) is 11.7. The fraction of sp³-hybridized carbons (Fsp3) is 0.0323. The molecule has 0 fully saturated rings. The molecule has 0 saturated carbocycles. The number of aryl methyl sites for hydroxylation is 1. The minimum Gasteiger partial charge on any atom is -0.436 e. The summed E-state index contributed by atoms with van der Waals surface area (Å²) in [7, 11) is 1.84. The van der Waals surface area contributed by atoms with Crippen LogP contribution in [-0.2, 0) is 7.05 Å². The highest BCUT2D eigenvalue weighted by Crippen LogP contribution is 2.32. The second-order valence-electron chi connectivity index (χ2n) is 8.96. The molecule has 0 spiro atoms. The summed E-state index contributed by atoms with van der Waals surface area (Å²) in [5, 5.41) is 8.61. The lowest BCUT2D eigenvalue weighted by Crippen LogP contribution is -1.94. The highest BCUT2D eigenvalue weighted by atomic mass is 16.4. The zero-order valence-corrected chi connectivity index (χ0v) is 20.4. The van der Waals surface area contributed by atoms with E-state index in [1.165, 1.54) is 0 Å². The van der Waals surface area contributed by atoms with Gasteiger partial charge >= 0.3 is 0 Å². The topological polar surface area (TPSA) is 82.8 Å². The predicted molar refractivity (Wildman–Crippen MR) is 148 cm³/mol. The van der Waals surface area contributed by atoms with Crippen molar-refractivity contribution in [3.8, 4) is 34.3 Å². The molecule has 182 valence electrons. The summed E-state index contributed by atoms with van der Waals surface area (Å²) in [6.07, 6.45) is 4.16. The highest BCUT2D eigenvalue weighted by Gasteiger charge is 2.20. The second kappa shape index (κ2) is 8.97. The summed E-state index contributed by atoms with van der Waals surface area (Å²) in [5.41, 5.74) is 8.69. The Morgan fingerprint density at radius 1 is 0.605 bits per heavy atom. The Bertz CT molecular complexity index is 1860. The molecule has 0 aliphatic heterocycles. The van der Waals surface area contributed by atoms with Gasteiger partial charge < -0.3 is 8.83 Å². The van der Waals surface area contributed by atoms with Crippen molar-refractivity contribution in [2.75, 3.05) is 0 Å². The maximum absolute atomic E-state index is 5.99. The fourth-order valence-electron chi connectivity index (χ4n) is 4.44. The molecule has 0 saturated heterocycles. The zero-order valence-electron chi connectivity index (χ0n) is 20.4. The molecular weight excluding hydrogens is 474 g/mol. The van der Waals surface area contributed by atoms with Gasteiger partial charge in [-0.2, -0.15) is 0 Å². The lowest BCUT2D eigenvalue weighted by Gasteiger charge is -2.02. The molecule has 0 amide bonds. The Morgan fingerprint density at radius 3 is 1.74 bits per heavy atom. The monoisotopic (exact) mass is 495 g/mol. The van der Waals surface area contributed by atoms with E-state index in [-0.39, 0.29) is 0 Å². The van der Waals surface area contributed by atoms with Crippen molar-refractivity contribution in [3.05, 3.63) is 108 Å². The largest absolute Gasteiger partial charge is 0.436 e. The van der Waals surface area contributed by atoms with Crippen LogP contribution in [0.5, 0.6) is 0 Å². The quantitative estimate of drug-likeness (QED) is 0.234. The molecule has 7 nitrogen and oxygen atoms in total. The molecule has 7 aromatic rings.